The van der Waals surface area contributed by atoms with Gasteiger partial charge in [0.15, 0.2) is 0 Å². The first-order valence-electron chi connectivity index (χ1n) is 4.71. The molecular weight excluding hydrogens is 381 g/mol. The first-order valence-corrected chi connectivity index (χ1v) is 6.58. The molecule has 2 rings (SSSR count). The lowest BCUT2D eigenvalue weighted by atomic mass is 10.2. The summed E-state index contributed by atoms with van der Waals surface area (Å²) in [5.41, 5.74) is 1.20. The van der Waals surface area contributed by atoms with E-state index in [2.05, 4.69) is 50.4 Å². The highest BCUT2D eigenvalue weighted by Crippen LogP contribution is 2.28. The third-order valence-electron chi connectivity index (χ3n) is 2.07. The van der Waals surface area contributed by atoms with Crippen LogP contribution in [0.2, 0.25) is 0 Å². The largest absolute Gasteiger partial charge is 0.438 e. The van der Waals surface area contributed by atoms with Crippen molar-refractivity contribution in [3.05, 3.63) is 50.1 Å². The number of hydrogen-bond donors (Lipinski definition) is 0. The van der Waals surface area contributed by atoms with E-state index in [9.17, 15) is 0 Å². The second-order valence-electron chi connectivity index (χ2n) is 3.30. The van der Waals surface area contributed by atoms with Crippen molar-refractivity contribution >= 4 is 38.5 Å². The summed E-state index contributed by atoms with van der Waals surface area (Å²) in [5, 5.41) is 0. The Morgan fingerprint density at radius 3 is 2.81 bits per heavy atom. The van der Waals surface area contributed by atoms with E-state index in [-0.39, 0.29) is 0 Å². The molecule has 0 atom stereocenters. The average molecular weight is 390 g/mol. The molecule has 0 aliphatic rings. The van der Waals surface area contributed by atoms with Gasteiger partial charge < -0.3 is 4.74 Å². The third-order valence-corrected chi connectivity index (χ3v) is 3.88. The Morgan fingerprint density at radius 2 is 2.12 bits per heavy atom. The predicted octanol–water partition coefficient (Wildman–Crippen LogP) is 4.55. The monoisotopic (exact) mass is 389 g/mol. The number of nitrogens with zero attached hydrogens (tertiary/aromatic N) is 1. The fourth-order valence-electron chi connectivity index (χ4n) is 1.24. The maximum absolute atomic E-state index is 5.68. The minimum atomic E-state index is 0.586. The highest BCUT2D eigenvalue weighted by molar-refractivity contribution is 14.1. The molecule has 0 amide bonds. The minimum absolute atomic E-state index is 0.586. The highest BCUT2D eigenvalue weighted by Gasteiger charge is 2.04. The molecule has 0 saturated carbocycles. The molecule has 1 aromatic heterocycles. The van der Waals surface area contributed by atoms with Gasteiger partial charge in [-0.05, 0) is 81.3 Å². The van der Waals surface area contributed by atoms with Crippen LogP contribution >= 0.6 is 38.5 Å². The van der Waals surface area contributed by atoms with E-state index in [1.54, 1.807) is 6.20 Å². The van der Waals surface area contributed by atoms with Gasteiger partial charge in [0, 0.05) is 9.77 Å². The van der Waals surface area contributed by atoms with Crippen molar-refractivity contribution < 1.29 is 4.74 Å². The Hall–Kier alpha value is -0.620. The Morgan fingerprint density at radius 1 is 1.31 bits per heavy atom. The Labute approximate surface area is 116 Å². The fraction of sp³-hybridized carbons (Fsp3) is 0.0833. The Balaban J connectivity index is 2.28. The van der Waals surface area contributed by atoms with Crippen LogP contribution < -0.4 is 4.74 Å². The number of hydrogen-bond acceptors (Lipinski definition) is 2. The molecule has 2 nitrogen and oxygen atoms in total. The van der Waals surface area contributed by atoms with E-state index in [0.717, 1.165) is 10.2 Å². The zero-order valence-electron chi connectivity index (χ0n) is 8.58. The molecule has 16 heavy (non-hydrogen) atoms. The van der Waals surface area contributed by atoms with E-state index in [1.807, 2.05) is 30.3 Å². The molecule has 0 spiro atoms. The first-order chi connectivity index (χ1) is 7.66. The number of aromatic nitrogens is 1. The summed E-state index contributed by atoms with van der Waals surface area (Å²) in [6.07, 6.45) is 1.71. The maximum atomic E-state index is 5.68. The lowest BCUT2D eigenvalue weighted by molar-refractivity contribution is 0.459. The van der Waals surface area contributed by atoms with Gasteiger partial charge in [-0.3, -0.25) is 0 Å². The van der Waals surface area contributed by atoms with Gasteiger partial charge in [-0.1, -0.05) is 0 Å². The molecule has 0 aliphatic carbocycles. The first kappa shape index (κ1) is 11.9. The summed E-state index contributed by atoms with van der Waals surface area (Å²) in [5.74, 6) is 1.39. The molecule has 82 valence electrons. The molecule has 0 saturated heterocycles. The van der Waals surface area contributed by atoms with E-state index in [0.29, 0.717) is 5.88 Å². The second kappa shape index (κ2) is 5.14. The molecule has 0 bridgehead atoms. The molecule has 2 aromatic rings. The topological polar surface area (TPSA) is 22.1 Å². The van der Waals surface area contributed by atoms with Crippen LogP contribution in [-0.2, 0) is 0 Å². The van der Waals surface area contributed by atoms with Crippen LogP contribution in [0.1, 0.15) is 5.56 Å². The normalized spacial score (nSPS) is 10.2. The third kappa shape index (κ3) is 2.74. The fourth-order valence-corrected chi connectivity index (χ4v) is 1.91. The van der Waals surface area contributed by atoms with Gasteiger partial charge in [0.25, 0.3) is 0 Å². The summed E-state index contributed by atoms with van der Waals surface area (Å²) >= 11 is 5.70. The second-order valence-corrected chi connectivity index (χ2v) is 5.32. The maximum Gasteiger partial charge on any atom is 0.233 e. The molecule has 0 unspecified atom stereocenters. The number of pyridine rings is 1. The summed E-state index contributed by atoms with van der Waals surface area (Å²) in [6.45, 7) is 2.06. The molecule has 1 aromatic carbocycles. The average Bonchev–Trinajstić information content (AvgIpc) is 2.27. The van der Waals surface area contributed by atoms with Crippen LogP contribution in [0.3, 0.4) is 0 Å². The minimum Gasteiger partial charge on any atom is -0.438 e. The van der Waals surface area contributed by atoms with Gasteiger partial charge in [-0.2, -0.15) is 0 Å². The summed E-state index contributed by atoms with van der Waals surface area (Å²) in [7, 11) is 0. The van der Waals surface area contributed by atoms with Crippen molar-refractivity contribution in [3.8, 4) is 11.6 Å². The Kier molecular flexibility index (Phi) is 3.81. The van der Waals surface area contributed by atoms with Crippen LogP contribution in [0.25, 0.3) is 0 Å². The zero-order chi connectivity index (χ0) is 11.5. The van der Waals surface area contributed by atoms with Crippen LogP contribution in [0.4, 0.5) is 0 Å². The van der Waals surface area contributed by atoms with E-state index in [1.165, 1.54) is 9.13 Å². The van der Waals surface area contributed by atoms with Gasteiger partial charge in [-0.25, -0.2) is 4.98 Å². The smallest absolute Gasteiger partial charge is 0.233 e. The highest BCUT2D eigenvalue weighted by atomic mass is 127. The summed E-state index contributed by atoms with van der Waals surface area (Å²) in [6, 6.07) is 9.73. The van der Waals surface area contributed by atoms with Crippen molar-refractivity contribution in [2.45, 2.75) is 6.92 Å². The predicted molar refractivity (Wildman–Crippen MR) is 75.9 cm³/mol. The van der Waals surface area contributed by atoms with Gasteiger partial charge in [0.05, 0.1) is 4.47 Å². The molecule has 0 radical (unpaired) electrons. The van der Waals surface area contributed by atoms with Crippen LogP contribution in [0, 0.1) is 10.5 Å². The van der Waals surface area contributed by atoms with Gasteiger partial charge in [0.2, 0.25) is 5.88 Å². The SMILES string of the molecule is Cc1cc(Oc2ncccc2Br)ccc1I. The van der Waals surface area contributed by atoms with Crippen molar-refractivity contribution in [1.82, 2.24) is 4.98 Å². The van der Waals surface area contributed by atoms with Crippen molar-refractivity contribution in [3.63, 3.8) is 0 Å². The molecule has 0 aliphatic heterocycles. The molecule has 0 N–H and O–H groups in total. The number of rotatable bonds is 2. The standard InChI is InChI=1S/C12H9BrINO/c1-8-7-9(4-5-11(8)14)16-12-10(13)3-2-6-15-12/h2-7H,1H3. The molecular formula is C12H9BrINO. The molecule has 4 heteroatoms. The number of aryl methyl sites for hydroxylation is 1. The summed E-state index contributed by atoms with van der Waals surface area (Å²) < 4.78 is 7.76. The molecule has 0 fully saturated rings. The lowest BCUT2D eigenvalue weighted by Gasteiger charge is -2.07. The Bertz CT molecular complexity index is 516. The van der Waals surface area contributed by atoms with Gasteiger partial charge in [-0.15, -0.1) is 0 Å². The number of halogens is 2. The quantitative estimate of drug-likeness (QED) is 0.703. The lowest BCUT2D eigenvalue weighted by Crippen LogP contribution is -1.90. The van der Waals surface area contributed by atoms with Gasteiger partial charge in [0.1, 0.15) is 5.75 Å². The van der Waals surface area contributed by atoms with Crippen molar-refractivity contribution in [1.29, 1.82) is 0 Å². The van der Waals surface area contributed by atoms with E-state index < -0.39 is 0 Å². The van der Waals surface area contributed by atoms with Gasteiger partial charge >= 0.3 is 0 Å². The molecule has 1 heterocycles. The zero-order valence-corrected chi connectivity index (χ0v) is 12.3. The van der Waals surface area contributed by atoms with Crippen LogP contribution in [0.15, 0.2) is 41.0 Å². The number of benzene rings is 1. The van der Waals surface area contributed by atoms with Crippen LogP contribution in [-0.4, -0.2) is 4.98 Å². The van der Waals surface area contributed by atoms with Crippen LogP contribution in [0.5, 0.6) is 11.6 Å². The van der Waals surface area contributed by atoms with Crippen molar-refractivity contribution in [2.24, 2.45) is 0 Å². The van der Waals surface area contributed by atoms with E-state index in [4.69, 9.17) is 4.74 Å². The van der Waals surface area contributed by atoms with Crippen molar-refractivity contribution in [2.75, 3.05) is 0 Å². The summed E-state index contributed by atoms with van der Waals surface area (Å²) in [4.78, 5) is 4.15. The number of ether oxygens (including phenoxy) is 1. The van der Waals surface area contributed by atoms with E-state index >= 15 is 0 Å².